The van der Waals surface area contributed by atoms with Crippen molar-refractivity contribution < 1.29 is 9.00 Å². The first-order chi connectivity index (χ1) is 17.1. The summed E-state index contributed by atoms with van der Waals surface area (Å²) in [6.45, 7) is 2.76. The van der Waals surface area contributed by atoms with Crippen LogP contribution in [0.4, 0.5) is 11.6 Å². The van der Waals surface area contributed by atoms with Gasteiger partial charge in [0.1, 0.15) is 0 Å². The minimum Gasteiger partial charge on any atom is -0.352 e. The molecule has 1 fully saturated rings. The van der Waals surface area contributed by atoms with E-state index in [0.717, 1.165) is 47.8 Å². The van der Waals surface area contributed by atoms with E-state index in [9.17, 15) is 9.00 Å². The lowest BCUT2D eigenvalue weighted by atomic mass is 9.98. The van der Waals surface area contributed by atoms with E-state index >= 15 is 0 Å². The Morgan fingerprint density at radius 3 is 2.51 bits per heavy atom. The highest BCUT2D eigenvalue weighted by Gasteiger charge is 2.15. The number of pyridine rings is 1. The molecule has 1 aliphatic rings. The largest absolute Gasteiger partial charge is 0.352 e. The van der Waals surface area contributed by atoms with Gasteiger partial charge in [-0.2, -0.15) is 4.98 Å². The molecular formula is C26H28N6O2S. The molecule has 1 saturated heterocycles. The molecule has 4 aromatic rings. The summed E-state index contributed by atoms with van der Waals surface area (Å²) in [4.78, 5) is 17.9. The number of anilines is 2. The number of carbonyl (C=O) groups is 1. The summed E-state index contributed by atoms with van der Waals surface area (Å²) < 4.78 is 13.5. The second-order valence-corrected chi connectivity index (χ2v) is 10.1. The van der Waals surface area contributed by atoms with E-state index in [-0.39, 0.29) is 5.91 Å². The van der Waals surface area contributed by atoms with E-state index in [2.05, 4.69) is 26.0 Å². The molecule has 8 nitrogen and oxygen atoms in total. The van der Waals surface area contributed by atoms with Gasteiger partial charge in [-0.3, -0.25) is 9.00 Å². The fourth-order valence-electron chi connectivity index (χ4n) is 4.25. The van der Waals surface area contributed by atoms with Gasteiger partial charge in [0.25, 0.3) is 5.91 Å². The molecule has 0 saturated carbocycles. The SMILES string of the molecule is CS(=O)c1ccc(-c2cccc3nc(Nc4ccc(C(=O)NCC5CCNCC5)cc4)nn23)cc1. The fraction of sp³-hybridized carbons (Fsp3) is 0.269. The smallest absolute Gasteiger partial charge is 0.251 e. The summed E-state index contributed by atoms with van der Waals surface area (Å²) >= 11 is 0. The summed E-state index contributed by atoms with van der Waals surface area (Å²) in [5.74, 6) is 0.955. The first-order valence-corrected chi connectivity index (χ1v) is 13.3. The van der Waals surface area contributed by atoms with Gasteiger partial charge in [0.05, 0.1) is 5.69 Å². The molecule has 35 heavy (non-hydrogen) atoms. The minimum atomic E-state index is -1.02. The Hall–Kier alpha value is -3.56. The molecule has 3 N–H and O–H groups in total. The molecule has 1 aliphatic heterocycles. The van der Waals surface area contributed by atoms with Gasteiger partial charge in [0, 0.05) is 45.3 Å². The molecule has 0 spiro atoms. The lowest BCUT2D eigenvalue weighted by molar-refractivity contribution is 0.0944. The number of amides is 1. The molecule has 0 bridgehead atoms. The maximum Gasteiger partial charge on any atom is 0.251 e. The van der Waals surface area contributed by atoms with Crippen LogP contribution in [0.2, 0.25) is 0 Å². The Bertz CT molecular complexity index is 1340. The first-order valence-electron chi connectivity index (χ1n) is 11.7. The number of hydrogen-bond donors (Lipinski definition) is 3. The zero-order valence-electron chi connectivity index (χ0n) is 19.5. The standard InChI is InChI=1S/C26H28N6O2S/c1-35(34)22-11-7-19(8-12-22)23-3-2-4-24-30-26(31-32(23)24)29-21-9-5-20(6-10-21)25(33)28-17-18-13-15-27-16-14-18/h2-12,18,27H,13-17H2,1H3,(H,28,33)(H,29,31). The average Bonchev–Trinajstić information content (AvgIpc) is 3.31. The van der Waals surface area contributed by atoms with Crippen LogP contribution in [-0.2, 0) is 10.8 Å². The number of fused-ring (bicyclic) bond motifs is 1. The lowest BCUT2D eigenvalue weighted by Gasteiger charge is -2.22. The molecule has 180 valence electrons. The fourth-order valence-corrected chi connectivity index (χ4v) is 4.77. The predicted octanol–water partition coefficient (Wildman–Crippen LogP) is 3.61. The summed E-state index contributed by atoms with van der Waals surface area (Å²) in [5.41, 5.74) is 3.98. The average molecular weight is 489 g/mol. The van der Waals surface area contributed by atoms with E-state index in [4.69, 9.17) is 0 Å². The van der Waals surface area contributed by atoms with Crippen molar-refractivity contribution in [2.75, 3.05) is 31.2 Å². The second kappa shape index (κ2) is 10.4. The maximum atomic E-state index is 12.5. The molecule has 9 heteroatoms. The van der Waals surface area contributed by atoms with E-state index in [0.29, 0.717) is 29.6 Å². The molecule has 0 radical (unpaired) electrons. The van der Waals surface area contributed by atoms with Crippen molar-refractivity contribution in [3.63, 3.8) is 0 Å². The Morgan fingerprint density at radius 2 is 1.80 bits per heavy atom. The molecular weight excluding hydrogens is 460 g/mol. The van der Waals surface area contributed by atoms with Gasteiger partial charge < -0.3 is 16.0 Å². The van der Waals surface area contributed by atoms with Crippen molar-refractivity contribution in [2.24, 2.45) is 5.92 Å². The molecule has 1 amide bonds. The van der Waals surface area contributed by atoms with Gasteiger partial charge in [-0.05, 0) is 80.4 Å². The zero-order chi connectivity index (χ0) is 24.2. The van der Waals surface area contributed by atoms with Crippen LogP contribution in [0.15, 0.2) is 71.6 Å². The highest BCUT2D eigenvalue weighted by molar-refractivity contribution is 7.84. The first kappa shape index (κ1) is 23.2. The third-order valence-electron chi connectivity index (χ3n) is 6.26. The van der Waals surface area contributed by atoms with Crippen molar-refractivity contribution >= 4 is 34.0 Å². The second-order valence-electron chi connectivity index (χ2n) is 8.70. The Kier molecular flexibility index (Phi) is 6.87. The highest BCUT2D eigenvalue weighted by Crippen LogP contribution is 2.23. The van der Waals surface area contributed by atoms with E-state index in [1.165, 1.54) is 0 Å². The molecule has 1 atom stereocenters. The summed E-state index contributed by atoms with van der Waals surface area (Å²) in [5, 5.41) is 14.3. The van der Waals surface area contributed by atoms with Crippen LogP contribution in [0.3, 0.4) is 0 Å². The van der Waals surface area contributed by atoms with E-state index < -0.39 is 10.8 Å². The number of carbonyl (C=O) groups excluding carboxylic acids is 1. The van der Waals surface area contributed by atoms with Gasteiger partial charge in [0.15, 0.2) is 5.65 Å². The normalized spacial score (nSPS) is 15.1. The van der Waals surface area contributed by atoms with Gasteiger partial charge in [0.2, 0.25) is 5.95 Å². The molecule has 1 unspecified atom stereocenters. The van der Waals surface area contributed by atoms with Crippen LogP contribution in [0.1, 0.15) is 23.2 Å². The van der Waals surface area contributed by atoms with Crippen molar-refractivity contribution in [3.8, 4) is 11.3 Å². The number of benzene rings is 2. The lowest BCUT2D eigenvalue weighted by Crippen LogP contribution is -2.35. The summed E-state index contributed by atoms with van der Waals surface area (Å²) in [6, 6.07) is 20.7. The molecule has 0 aliphatic carbocycles. The van der Waals surface area contributed by atoms with Crippen LogP contribution in [-0.4, -0.2) is 50.6 Å². The Morgan fingerprint density at radius 1 is 1.06 bits per heavy atom. The van der Waals surface area contributed by atoms with Crippen LogP contribution in [0.25, 0.3) is 16.9 Å². The third-order valence-corrected chi connectivity index (χ3v) is 7.19. The van der Waals surface area contributed by atoms with Crippen molar-refractivity contribution in [1.29, 1.82) is 0 Å². The van der Waals surface area contributed by atoms with E-state index in [1.807, 2.05) is 54.6 Å². The predicted molar refractivity (Wildman–Crippen MR) is 138 cm³/mol. The van der Waals surface area contributed by atoms with Gasteiger partial charge >= 0.3 is 0 Å². The van der Waals surface area contributed by atoms with Gasteiger partial charge in [-0.15, -0.1) is 5.10 Å². The zero-order valence-corrected chi connectivity index (χ0v) is 20.3. The third kappa shape index (κ3) is 5.41. The van der Waals surface area contributed by atoms with Crippen molar-refractivity contribution in [3.05, 3.63) is 72.3 Å². The van der Waals surface area contributed by atoms with Crippen molar-refractivity contribution in [2.45, 2.75) is 17.7 Å². The van der Waals surface area contributed by atoms with Crippen LogP contribution < -0.4 is 16.0 Å². The highest BCUT2D eigenvalue weighted by atomic mass is 32.2. The number of nitrogens with zero attached hydrogens (tertiary/aromatic N) is 3. The topological polar surface area (TPSA) is 100 Å². The number of hydrogen-bond acceptors (Lipinski definition) is 6. The quantitative estimate of drug-likeness (QED) is 0.368. The molecule has 3 heterocycles. The monoisotopic (exact) mass is 488 g/mol. The van der Waals surface area contributed by atoms with Crippen molar-refractivity contribution in [1.82, 2.24) is 25.2 Å². The summed E-state index contributed by atoms with van der Waals surface area (Å²) in [7, 11) is -1.02. The Balaban J connectivity index is 1.27. The maximum absolute atomic E-state index is 12.5. The number of nitrogens with one attached hydrogen (secondary N) is 3. The van der Waals surface area contributed by atoms with Crippen LogP contribution >= 0.6 is 0 Å². The molecule has 5 rings (SSSR count). The number of aromatic nitrogens is 3. The van der Waals surface area contributed by atoms with Gasteiger partial charge in [-0.1, -0.05) is 18.2 Å². The van der Waals surface area contributed by atoms with Crippen LogP contribution in [0, 0.1) is 5.92 Å². The minimum absolute atomic E-state index is 0.0523. The number of rotatable bonds is 7. The summed E-state index contributed by atoms with van der Waals surface area (Å²) in [6.07, 6.45) is 3.86. The van der Waals surface area contributed by atoms with Gasteiger partial charge in [-0.25, -0.2) is 4.52 Å². The van der Waals surface area contributed by atoms with E-state index in [1.54, 1.807) is 22.9 Å². The molecule has 2 aromatic heterocycles. The number of piperidine rings is 1. The molecule has 2 aromatic carbocycles. The van der Waals surface area contributed by atoms with Crippen LogP contribution in [0.5, 0.6) is 0 Å². The Labute approximate surface area is 206 Å².